The summed E-state index contributed by atoms with van der Waals surface area (Å²) < 4.78 is 39.7. The quantitative estimate of drug-likeness (QED) is 0.631. The molecule has 2 rings (SSSR count). The number of nitro groups is 1. The van der Waals surface area contributed by atoms with Gasteiger partial charge in [0.1, 0.15) is 0 Å². The molecule has 8 heteroatoms. The van der Waals surface area contributed by atoms with Crippen molar-refractivity contribution < 1.29 is 18.1 Å². The Kier molecular flexibility index (Phi) is 4.95. The first-order valence-electron chi connectivity index (χ1n) is 7.38. The molecule has 128 valence electrons. The fourth-order valence-corrected chi connectivity index (χ4v) is 2.89. The Labute approximate surface area is 132 Å². The molecule has 5 nitrogen and oxygen atoms in total. The van der Waals surface area contributed by atoms with Gasteiger partial charge in [0.2, 0.25) is 0 Å². The van der Waals surface area contributed by atoms with Gasteiger partial charge in [-0.3, -0.25) is 15.0 Å². The maximum Gasteiger partial charge on any atom is 0.416 e. The third-order valence-corrected chi connectivity index (χ3v) is 4.41. The van der Waals surface area contributed by atoms with Gasteiger partial charge in [-0.25, -0.2) is 0 Å². The molecular weight excluding hydrogens is 311 g/mol. The first-order chi connectivity index (χ1) is 10.6. The average Bonchev–Trinajstić information content (AvgIpc) is 2.43. The van der Waals surface area contributed by atoms with Crippen molar-refractivity contribution in [3.8, 4) is 0 Å². The summed E-state index contributed by atoms with van der Waals surface area (Å²) in [5.74, 6) is 0. The second kappa shape index (κ2) is 6.45. The number of rotatable bonds is 3. The van der Waals surface area contributed by atoms with Gasteiger partial charge >= 0.3 is 6.18 Å². The molecule has 1 aliphatic rings. The fourth-order valence-electron chi connectivity index (χ4n) is 2.89. The van der Waals surface area contributed by atoms with Crippen LogP contribution in [0.5, 0.6) is 0 Å². The molecule has 0 aliphatic carbocycles. The Hall–Kier alpha value is -1.67. The maximum atomic E-state index is 13.2. The molecule has 2 atom stereocenters. The first-order valence-corrected chi connectivity index (χ1v) is 7.38. The molecule has 0 unspecified atom stereocenters. The molecule has 23 heavy (non-hydrogen) atoms. The van der Waals surface area contributed by atoms with Gasteiger partial charge in [-0.05, 0) is 26.5 Å². The second-order valence-corrected chi connectivity index (χ2v) is 6.16. The Bertz CT molecular complexity index is 592. The van der Waals surface area contributed by atoms with Crippen molar-refractivity contribution in [2.24, 2.45) is 0 Å². The lowest BCUT2D eigenvalue weighted by molar-refractivity contribution is -0.385. The standard InChI is InChI=1S/C15H20F3N3O2/c1-10-8-20(11(2)7-19(10)3)9-12-4-5-13(21(22)23)6-14(12)15(16,17)18/h4-6,10-11H,7-9H2,1-3H3/t10-,11+/m1/s1. The molecule has 1 aromatic carbocycles. The van der Waals surface area contributed by atoms with Crippen molar-refractivity contribution in [2.75, 3.05) is 20.1 Å². The molecular formula is C15H20F3N3O2. The number of hydrogen-bond acceptors (Lipinski definition) is 4. The highest BCUT2D eigenvalue weighted by atomic mass is 19.4. The van der Waals surface area contributed by atoms with Crippen molar-refractivity contribution in [3.63, 3.8) is 0 Å². The van der Waals surface area contributed by atoms with Gasteiger partial charge in [0.25, 0.3) is 5.69 Å². The molecule has 1 aliphatic heterocycles. The summed E-state index contributed by atoms with van der Waals surface area (Å²) >= 11 is 0. The molecule has 0 N–H and O–H groups in total. The molecule has 0 spiro atoms. The third-order valence-electron chi connectivity index (χ3n) is 4.41. The van der Waals surface area contributed by atoms with Gasteiger partial charge in [-0.15, -0.1) is 0 Å². The number of likely N-dealkylation sites (N-methyl/N-ethyl adjacent to an activating group) is 1. The highest BCUT2D eigenvalue weighted by molar-refractivity contribution is 5.41. The number of nitrogens with zero attached hydrogens (tertiary/aromatic N) is 3. The van der Waals surface area contributed by atoms with Gasteiger partial charge in [-0.2, -0.15) is 13.2 Å². The minimum atomic E-state index is -4.61. The lowest BCUT2D eigenvalue weighted by Gasteiger charge is -2.42. The van der Waals surface area contributed by atoms with E-state index in [1.807, 2.05) is 25.8 Å². The van der Waals surface area contributed by atoms with Crippen molar-refractivity contribution in [1.82, 2.24) is 9.80 Å². The summed E-state index contributed by atoms with van der Waals surface area (Å²) in [7, 11) is 1.99. The molecule has 0 amide bonds. The number of hydrogen-bond donors (Lipinski definition) is 0. The van der Waals surface area contributed by atoms with E-state index in [1.54, 1.807) is 0 Å². The second-order valence-electron chi connectivity index (χ2n) is 6.16. The SMILES string of the molecule is C[C@@H]1CN(Cc2ccc([N+](=O)[O-])cc2C(F)(F)F)[C@@H](C)CN1C. The molecule has 0 aromatic heterocycles. The van der Waals surface area contributed by atoms with E-state index >= 15 is 0 Å². The van der Waals surface area contributed by atoms with E-state index in [1.165, 1.54) is 6.07 Å². The number of benzene rings is 1. The van der Waals surface area contributed by atoms with Gasteiger partial charge in [0, 0.05) is 43.9 Å². The fraction of sp³-hybridized carbons (Fsp3) is 0.600. The van der Waals surface area contributed by atoms with Crippen LogP contribution in [0.1, 0.15) is 25.0 Å². The van der Waals surface area contributed by atoms with Gasteiger partial charge < -0.3 is 4.90 Å². The van der Waals surface area contributed by atoms with Crippen LogP contribution in [0.4, 0.5) is 18.9 Å². The normalized spacial score (nSPS) is 23.9. The summed E-state index contributed by atoms with van der Waals surface area (Å²) in [6, 6.07) is 3.34. The summed E-state index contributed by atoms with van der Waals surface area (Å²) in [6.45, 7) is 5.56. The van der Waals surface area contributed by atoms with E-state index in [9.17, 15) is 23.3 Å². The summed E-state index contributed by atoms with van der Waals surface area (Å²) in [6.07, 6.45) is -4.61. The molecule has 1 aromatic rings. The zero-order chi connectivity index (χ0) is 17.4. The van der Waals surface area contributed by atoms with Crippen LogP contribution in [0.15, 0.2) is 18.2 Å². The van der Waals surface area contributed by atoms with Crippen LogP contribution in [0.25, 0.3) is 0 Å². The van der Waals surface area contributed by atoms with E-state index in [0.717, 1.165) is 12.6 Å². The van der Waals surface area contributed by atoms with E-state index in [0.29, 0.717) is 12.6 Å². The molecule has 1 saturated heterocycles. The Morgan fingerprint density at radius 3 is 2.48 bits per heavy atom. The number of halogens is 3. The molecule has 0 bridgehead atoms. The molecule has 0 radical (unpaired) electrons. The van der Waals surface area contributed by atoms with Crippen LogP contribution in [-0.2, 0) is 12.7 Å². The van der Waals surface area contributed by atoms with E-state index in [2.05, 4.69) is 4.90 Å². The van der Waals surface area contributed by atoms with E-state index in [-0.39, 0.29) is 24.2 Å². The maximum absolute atomic E-state index is 13.2. The summed E-state index contributed by atoms with van der Waals surface area (Å²) in [5, 5.41) is 10.7. The van der Waals surface area contributed by atoms with Crippen LogP contribution in [0, 0.1) is 10.1 Å². The van der Waals surface area contributed by atoms with Crippen molar-refractivity contribution in [1.29, 1.82) is 0 Å². The molecule has 1 fully saturated rings. The van der Waals surface area contributed by atoms with Crippen LogP contribution >= 0.6 is 0 Å². The Morgan fingerprint density at radius 2 is 1.91 bits per heavy atom. The van der Waals surface area contributed by atoms with Crippen molar-refractivity contribution in [3.05, 3.63) is 39.4 Å². The predicted molar refractivity (Wildman–Crippen MR) is 80.1 cm³/mol. The minimum Gasteiger partial charge on any atom is -0.301 e. The lowest BCUT2D eigenvalue weighted by Crippen LogP contribution is -2.54. The van der Waals surface area contributed by atoms with E-state index in [4.69, 9.17) is 0 Å². The summed E-state index contributed by atoms with van der Waals surface area (Å²) in [5.41, 5.74) is -1.39. The highest BCUT2D eigenvalue weighted by Crippen LogP contribution is 2.35. The Morgan fingerprint density at radius 1 is 1.26 bits per heavy atom. The van der Waals surface area contributed by atoms with Crippen LogP contribution in [0.2, 0.25) is 0 Å². The summed E-state index contributed by atoms with van der Waals surface area (Å²) in [4.78, 5) is 14.1. The van der Waals surface area contributed by atoms with Gasteiger partial charge in [-0.1, -0.05) is 6.07 Å². The smallest absolute Gasteiger partial charge is 0.301 e. The lowest BCUT2D eigenvalue weighted by atomic mass is 10.0. The number of piperazine rings is 1. The zero-order valence-corrected chi connectivity index (χ0v) is 13.3. The third kappa shape index (κ3) is 4.00. The van der Waals surface area contributed by atoms with E-state index < -0.39 is 22.4 Å². The van der Waals surface area contributed by atoms with Crippen LogP contribution < -0.4 is 0 Å². The number of nitro benzene ring substituents is 1. The Balaban J connectivity index is 2.30. The minimum absolute atomic E-state index is 0.0757. The predicted octanol–water partition coefficient (Wildman–Crippen LogP) is 3.14. The number of non-ortho nitro benzene ring substituents is 1. The zero-order valence-electron chi connectivity index (χ0n) is 13.3. The van der Waals surface area contributed by atoms with Crippen LogP contribution in [0.3, 0.4) is 0 Å². The van der Waals surface area contributed by atoms with Crippen molar-refractivity contribution in [2.45, 2.75) is 38.7 Å². The monoisotopic (exact) mass is 331 g/mol. The highest BCUT2D eigenvalue weighted by Gasteiger charge is 2.36. The molecule has 0 saturated carbocycles. The first kappa shape index (κ1) is 17.7. The largest absolute Gasteiger partial charge is 0.416 e. The number of alkyl halides is 3. The van der Waals surface area contributed by atoms with Crippen LogP contribution in [-0.4, -0.2) is 46.9 Å². The van der Waals surface area contributed by atoms with Crippen molar-refractivity contribution >= 4 is 5.69 Å². The van der Waals surface area contributed by atoms with Gasteiger partial charge in [0.05, 0.1) is 10.5 Å². The molecule has 1 heterocycles. The average molecular weight is 331 g/mol. The van der Waals surface area contributed by atoms with Gasteiger partial charge in [0.15, 0.2) is 0 Å². The topological polar surface area (TPSA) is 49.6 Å².